The molecule has 0 bridgehead atoms. The Morgan fingerprint density at radius 3 is 2.72 bits per heavy atom. The van der Waals surface area contributed by atoms with Crippen molar-refractivity contribution >= 4 is 17.5 Å². The highest BCUT2D eigenvalue weighted by Crippen LogP contribution is 2.16. The van der Waals surface area contributed by atoms with Gasteiger partial charge < -0.3 is 15.4 Å². The molecule has 0 saturated heterocycles. The van der Waals surface area contributed by atoms with Crippen molar-refractivity contribution in [3.05, 3.63) is 59.4 Å². The van der Waals surface area contributed by atoms with Crippen molar-refractivity contribution in [2.45, 2.75) is 19.8 Å². The Labute approximate surface area is 147 Å². The third-order valence-electron chi connectivity index (χ3n) is 3.71. The lowest BCUT2D eigenvalue weighted by Crippen LogP contribution is -2.26. The van der Waals surface area contributed by atoms with E-state index in [0.29, 0.717) is 18.7 Å². The summed E-state index contributed by atoms with van der Waals surface area (Å²) in [6, 6.07) is 10.7. The Bertz CT molecular complexity index is 731. The lowest BCUT2D eigenvalue weighted by molar-refractivity contribution is 0.0943. The molecule has 6 nitrogen and oxygen atoms in total. The maximum Gasteiger partial charge on any atom is 0.269 e. The van der Waals surface area contributed by atoms with E-state index < -0.39 is 0 Å². The predicted molar refractivity (Wildman–Crippen MR) is 96.8 cm³/mol. The Balaban J connectivity index is 2.04. The number of aromatic nitrogens is 1. The Kier molecular flexibility index (Phi) is 7.10. The Morgan fingerprint density at radius 2 is 1.96 bits per heavy atom. The van der Waals surface area contributed by atoms with Gasteiger partial charge in [0, 0.05) is 37.7 Å². The summed E-state index contributed by atoms with van der Waals surface area (Å²) in [6.07, 6.45) is 3.00. The number of amides is 2. The van der Waals surface area contributed by atoms with Gasteiger partial charge in [0.25, 0.3) is 11.8 Å². The first-order valence-corrected chi connectivity index (χ1v) is 8.28. The molecule has 6 heteroatoms. The maximum absolute atomic E-state index is 12.5. The summed E-state index contributed by atoms with van der Waals surface area (Å²) in [6.45, 7) is 3.10. The molecule has 1 heterocycles. The summed E-state index contributed by atoms with van der Waals surface area (Å²) >= 11 is 0. The van der Waals surface area contributed by atoms with Crippen LogP contribution >= 0.6 is 0 Å². The van der Waals surface area contributed by atoms with E-state index in [1.165, 1.54) is 12.3 Å². The number of benzene rings is 1. The number of carbonyl (C=O) groups excluding carboxylic acids is 2. The van der Waals surface area contributed by atoms with Gasteiger partial charge in [0.05, 0.1) is 0 Å². The molecule has 0 spiro atoms. The fraction of sp³-hybridized carbons (Fsp3) is 0.316. The number of nitrogens with one attached hydrogen (secondary N) is 2. The van der Waals surface area contributed by atoms with E-state index in [4.69, 9.17) is 4.74 Å². The van der Waals surface area contributed by atoms with Gasteiger partial charge in [0.2, 0.25) is 0 Å². The van der Waals surface area contributed by atoms with Crippen LogP contribution in [0.5, 0.6) is 0 Å². The summed E-state index contributed by atoms with van der Waals surface area (Å²) in [5.74, 6) is -0.573. The average Bonchev–Trinajstić information content (AvgIpc) is 2.65. The van der Waals surface area contributed by atoms with Crippen molar-refractivity contribution in [1.29, 1.82) is 0 Å². The molecule has 1 aromatic carbocycles. The second kappa shape index (κ2) is 9.54. The molecule has 1 aromatic heterocycles. The number of hydrogen-bond donors (Lipinski definition) is 2. The summed E-state index contributed by atoms with van der Waals surface area (Å²) in [5, 5.41) is 5.64. The number of nitrogens with zero attached hydrogens (tertiary/aromatic N) is 1. The van der Waals surface area contributed by atoms with Crippen LogP contribution in [-0.4, -0.2) is 37.1 Å². The van der Waals surface area contributed by atoms with Crippen LogP contribution in [0.4, 0.5) is 5.69 Å². The Morgan fingerprint density at radius 1 is 1.16 bits per heavy atom. The highest BCUT2D eigenvalue weighted by atomic mass is 16.5. The van der Waals surface area contributed by atoms with Crippen molar-refractivity contribution < 1.29 is 14.3 Å². The van der Waals surface area contributed by atoms with E-state index in [9.17, 15) is 9.59 Å². The summed E-state index contributed by atoms with van der Waals surface area (Å²) in [7, 11) is 1.61. The van der Waals surface area contributed by atoms with Crippen LogP contribution in [0.25, 0.3) is 0 Å². The smallest absolute Gasteiger partial charge is 0.269 e. The van der Waals surface area contributed by atoms with Crippen LogP contribution in [0, 0.1) is 0 Å². The van der Waals surface area contributed by atoms with Crippen molar-refractivity contribution in [2.24, 2.45) is 0 Å². The number of aryl methyl sites for hydroxylation is 1. The van der Waals surface area contributed by atoms with Crippen molar-refractivity contribution in [3.8, 4) is 0 Å². The molecule has 2 aromatic rings. The van der Waals surface area contributed by atoms with Crippen LogP contribution < -0.4 is 10.6 Å². The summed E-state index contributed by atoms with van der Waals surface area (Å²) < 4.78 is 4.94. The van der Waals surface area contributed by atoms with Crippen LogP contribution in [-0.2, 0) is 11.2 Å². The molecule has 0 saturated carbocycles. The van der Waals surface area contributed by atoms with E-state index in [1.54, 1.807) is 13.2 Å². The quantitative estimate of drug-likeness (QED) is 0.724. The standard InChI is InChI=1S/C19H23N3O3/c1-3-14-7-4-5-8-16(14)22-18(23)15-9-11-20-17(13-15)19(24)21-10-6-12-25-2/h4-5,7-9,11,13H,3,6,10,12H2,1-2H3,(H,21,24)(H,22,23). The molecule has 0 unspecified atom stereocenters. The third-order valence-corrected chi connectivity index (χ3v) is 3.71. The van der Waals surface area contributed by atoms with Crippen LogP contribution in [0.1, 0.15) is 39.8 Å². The molecular formula is C19H23N3O3. The second-order valence-electron chi connectivity index (χ2n) is 5.50. The summed E-state index contributed by atoms with van der Waals surface area (Å²) in [5.41, 5.74) is 2.44. The molecule has 132 valence electrons. The minimum atomic E-state index is -0.306. The second-order valence-corrected chi connectivity index (χ2v) is 5.50. The van der Waals surface area contributed by atoms with Gasteiger partial charge in [-0.25, -0.2) is 0 Å². The number of pyridine rings is 1. The van der Waals surface area contributed by atoms with E-state index in [-0.39, 0.29) is 17.5 Å². The highest BCUT2D eigenvalue weighted by Gasteiger charge is 2.12. The van der Waals surface area contributed by atoms with Crippen molar-refractivity contribution in [3.63, 3.8) is 0 Å². The third kappa shape index (κ3) is 5.39. The van der Waals surface area contributed by atoms with Gasteiger partial charge in [-0.1, -0.05) is 25.1 Å². The SMILES string of the molecule is CCc1ccccc1NC(=O)c1ccnc(C(=O)NCCCOC)c1. The highest BCUT2D eigenvalue weighted by molar-refractivity contribution is 6.06. The lowest BCUT2D eigenvalue weighted by Gasteiger charge is -2.10. The molecule has 0 aliphatic carbocycles. The van der Waals surface area contributed by atoms with Gasteiger partial charge in [-0.3, -0.25) is 14.6 Å². The molecular weight excluding hydrogens is 318 g/mol. The predicted octanol–water partition coefficient (Wildman–Crippen LogP) is 2.66. The van der Waals surface area contributed by atoms with Gasteiger partial charge in [0.15, 0.2) is 0 Å². The molecule has 2 amide bonds. The molecule has 2 rings (SSSR count). The molecule has 0 atom stereocenters. The number of hydrogen-bond acceptors (Lipinski definition) is 4. The number of para-hydroxylation sites is 1. The van der Waals surface area contributed by atoms with Crippen LogP contribution in [0.2, 0.25) is 0 Å². The largest absolute Gasteiger partial charge is 0.385 e. The van der Waals surface area contributed by atoms with E-state index in [1.807, 2.05) is 31.2 Å². The fourth-order valence-corrected chi connectivity index (χ4v) is 2.35. The van der Waals surface area contributed by atoms with E-state index >= 15 is 0 Å². The maximum atomic E-state index is 12.5. The molecule has 0 fully saturated rings. The minimum Gasteiger partial charge on any atom is -0.385 e. The fourth-order valence-electron chi connectivity index (χ4n) is 2.35. The van der Waals surface area contributed by atoms with Gasteiger partial charge >= 0.3 is 0 Å². The zero-order valence-electron chi connectivity index (χ0n) is 14.5. The molecule has 25 heavy (non-hydrogen) atoms. The first-order chi connectivity index (χ1) is 12.2. The lowest BCUT2D eigenvalue weighted by atomic mass is 10.1. The van der Waals surface area contributed by atoms with E-state index in [0.717, 1.165) is 24.1 Å². The van der Waals surface area contributed by atoms with Crippen molar-refractivity contribution in [2.75, 3.05) is 25.6 Å². The number of ether oxygens (including phenoxy) is 1. The van der Waals surface area contributed by atoms with Gasteiger partial charge in [0.1, 0.15) is 5.69 Å². The number of carbonyl (C=O) groups is 2. The van der Waals surface area contributed by atoms with Crippen molar-refractivity contribution in [1.82, 2.24) is 10.3 Å². The molecule has 0 aliphatic rings. The Hall–Kier alpha value is -2.73. The van der Waals surface area contributed by atoms with E-state index in [2.05, 4.69) is 15.6 Å². The van der Waals surface area contributed by atoms with Gasteiger partial charge in [-0.15, -0.1) is 0 Å². The topological polar surface area (TPSA) is 80.3 Å². The number of methoxy groups -OCH3 is 1. The zero-order chi connectivity index (χ0) is 18.1. The molecule has 0 radical (unpaired) electrons. The zero-order valence-corrected chi connectivity index (χ0v) is 14.5. The number of rotatable bonds is 8. The van der Waals surface area contributed by atoms with Crippen LogP contribution in [0.3, 0.4) is 0 Å². The average molecular weight is 341 g/mol. The van der Waals surface area contributed by atoms with Crippen LogP contribution in [0.15, 0.2) is 42.6 Å². The van der Waals surface area contributed by atoms with Gasteiger partial charge in [-0.2, -0.15) is 0 Å². The summed E-state index contributed by atoms with van der Waals surface area (Å²) in [4.78, 5) is 28.6. The monoisotopic (exact) mass is 341 g/mol. The first kappa shape index (κ1) is 18.6. The molecule has 0 aliphatic heterocycles. The number of anilines is 1. The van der Waals surface area contributed by atoms with Gasteiger partial charge in [-0.05, 0) is 36.6 Å². The molecule has 2 N–H and O–H groups in total. The normalized spacial score (nSPS) is 10.3. The minimum absolute atomic E-state index is 0.217. The first-order valence-electron chi connectivity index (χ1n) is 8.28.